The Morgan fingerprint density at radius 3 is 2.35 bits per heavy atom. The van der Waals surface area contributed by atoms with Crippen molar-refractivity contribution in [2.45, 2.75) is 30.3 Å². The standard InChI is InChI=1S/C25H24N4OS/c1-18-12-14-21(15-13-18)24-27-25(29-28-24)31-22(20-10-6-3-7-11-20)16-23(30)26-17-19-8-4-2-5-9-19/h2-15,22H,16-17H2,1H3,(H,26,30)(H,27,28,29)/t22-/m1/s1. The summed E-state index contributed by atoms with van der Waals surface area (Å²) in [5.41, 5.74) is 4.34. The van der Waals surface area contributed by atoms with Crippen LogP contribution >= 0.6 is 11.8 Å². The Morgan fingerprint density at radius 1 is 0.968 bits per heavy atom. The average molecular weight is 429 g/mol. The molecule has 156 valence electrons. The Morgan fingerprint density at radius 2 is 1.65 bits per heavy atom. The summed E-state index contributed by atoms with van der Waals surface area (Å²) in [5.74, 6) is 0.724. The Labute approximate surface area is 186 Å². The van der Waals surface area contributed by atoms with Crippen molar-refractivity contribution < 1.29 is 4.79 Å². The van der Waals surface area contributed by atoms with Gasteiger partial charge in [0.25, 0.3) is 0 Å². The lowest BCUT2D eigenvalue weighted by atomic mass is 10.1. The normalized spacial score (nSPS) is 11.8. The van der Waals surface area contributed by atoms with Crippen molar-refractivity contribution in [3.63, 3.8) is 0 Å². The largest absolute Gasteiger partial charge is 0.352 e. The lowest BCUT2D eigenvalue weighted by Gasteiger charge is -2.15. The summed E-state index contributed by atoms with van der Waals surface area (Å²) >= 11 is 1.50. The van der Waals surface area contributed by atoms with Crippen molar-refractivity contribution in [1.29, 1.82) is 0 Å². The molecule has 0 bridgehead atoms. The van der Waals surface area contributed by atoms with Gasteiger partial charge in [0.2, 0.25) is 11.1 Å². The minimum atomic E-state index is -0.0846. The fraction of sp³-hybridized carbons (Fsp3) is 0.160. The number of benzene rings is 3. The van der Waals surface area contributed by atoms with E-state index in [1.165, 1.54) is 17.3 Å². The first-order valence-electron chi connectivity index (χ1n) is 10.2. The molecule has 0 spiro atoms. The van der Waals surface area contributed by atoms with Gasteiger partial charge in [0, 0.05) is 23.8 Å². The third kappa shape index (κ3) is 5.83. The number of aromatic amines is 1. The highest BCUT2D eigenvalue weighted by molar-refractivity contribution is 7.99. The van der Waals surface area contributed by atoms with Crippen molar-refractivity contribution in [3.8, 4) is 11.4 Å². The van der Waals surface area contributed by atoms with Crippen LogP contribution in [0, 0.1) is 6.92 Å². The van der Waals surface area contributed by atoms with E-state index in [4.69, 9.17) is 0 Å². The van der Waals surface area contributed by atoms with E-state index in [1.54, 1.807) is 0 Å². The molecule has 0 saturated heterocycles. The average Bonchev–Trinajstić information content (AvgIpc) is 3.27. The van der Waals surface area contributed by atoms with Gasteiger partial charge in [-0.1, -0.05) is 102 Å². The number of nitrogens with one attached hydrogen (secondary N) is 2. The summed E-state index contributed by atoms with van der Waals surface area (Å²) in [6.45, 7) is 2.57. The van der Waals surface area contributed by atoms with Crippen LogP contribution in [0.15, 0.2) is 90.1 Å². The van der Waals surface area contributed by atoms with Gasteiger partial charge in [0.1, 0.15) is 0 Å². The Hall–Kier alpha value is -3.38. The number of amides is 1. The topological polar surface area (TPSA) is 70.7 Å². The zero-order valence-electron chi connectivity index (χ0n) is 17.3. The van der Waals surface area contributed by atoms with Crippen LogP contribution in [-0.4, -0.2) is 21.1 Å². The molecule has 0 aliphatic rings. The number of carbonyl (C=O) groups excluding carboxylic acids is 1. The van der Waals surface area contributed by atoms with E-state index in [1.807, 2.05) is 72.8 Å². The summed E-state index contributed by atoms with van der Waals surface area (Å²) in [5, 5.41) is 11.0. The van der Waals surface area contributed by atoms with Crippen LogP contribution in [-0.2, 0) is 11.3 Å². The molecule has 1 amide bonds. The zero-order valence-corrected chi connectivity index (χ0v) is 18.1. The van der Waals surface area contributed by atoms with Gasteiger partial charge in [-0.15, -0.1) is 5.10 Å². The van der Waals surface area contributed by atoms with Gasteiger partial charge in [-0.25, -0.2) is 4.98 Å². The number of aromatic nitrogens is 3. The van der Waals surface area contributed by atoms with Gasteiger partial charge >= 0.3 is 0 Å². The number of rotatable bonds is 8. The van der Waals surface area contributed by atoms with Crippen LogP contribution in [0.4, 0.5) is 0 Å². The first kappa shape index (κ1) is 20.9. The summed E-state index contributed by atoms with van der Waals surface area (Å²) in [6.07, 6.45) is 0.343. The fourth-order valence-electron chi connectivity index (χ4n) is 3.20. The summed E-state index contributed by atoms with van der Waals surface area (Å²) < 4.78 is 0. The van der Waals surface area contributed by atoms with E-state index < -0.39 is 0 Å². The number of aryl methyl sites for hydroxylation is 1. The van der Waals surface area contributed by atoms with Crippen molar-refractivity contribution in [2.75, 3.05) is 0 Å². The first-order valence-corrected chi connectivity index (χ1v) is 11.1. The molecule has 4 rings (SSSR count). The first-order chi connectivity index (χ1) is 15.2. The number of H-pyrrole nitrogens is 1. The predicted molar refractivity (Wildman–Crippen MR) is 125 cm³/mol. The highest BCUT2D eigenvalue weighted by atomic mass is 32.2. The Balaban J connectivity index is 1.46. The second-order valence-corrected chi connectivity index (χ2v) is 8.49. The number of nitrogens with zero attached hydrogens (tertiary/aromatic N) is 2. The molecule has 0 unspecified atom stereocenters. The maximum absolute atomic E-state index is 12.7. The quantitative estimate of drug-likeness (QED) is 0.373. The number of hydrogen-bond donors (Lipinski definition) is 2. The molecular weight excluding hydrogens is 404 g/mol. The molecule has 0 aliphatic carbocycles. The van der Waals surface area contributed by atoms with Gasteiger partial charge in [-0.3, -0.25) is 9.89 Å². The van der Waals surface area contributed by atoms with Crippen LogP contribution in [0.3, 0.4) is 0 Å². The molecule has 31 heavy (non-hydrogen) atoms. The van der Waals surface area contributed by atoms with Crippen molar-refractivity contribution in [2.24, 2.45) is 0 Å². The van der Waals surface area contributed by atoms with Gasteiger partial charge < -0.3 is 5.32 Å². The number of carbonyl (C=O) groups is 1. The molecular formula is C25H24N4OS. The molecule has 2 N–H and O–H groups in total. The van der Waals surface area contributed by atoms with Gasteiger partial charge in [-0.05, 0) is 18.1 Å². The van der Waals surface area contributed by atoms with Crippen LogP contribution in [0.1, 0.15) is 28.4 Å². The van der Waals surface area contributed by atoms with E-state index in [9.17, 15) is 4.79 Å². The molecule has 0 radical (unpaired) electrons. The zero-order chi connectivity index (χ0) is 21.5. The van der Waals surface area contributed by atoms with Crippen molar-refractivity contribution in [1.82, 2.24) is 20.5 Å². The van der Waals surface area contributed by atoms with E-state index >= 15 is 0 Å². The van der Waals surface area contributed by atoms with Crippen LogP contribution in [0.25, 0.3) is 11.4 Å². The smallest absolute Gasteiger partial charge is 0.221 e. The predicted octanol–water partition coefficient (Wildman–Crippen LogP) is 5.32. The van der Waals surface area contributed by atoms with E-state index in [0.717, 1.165) is 22.5 Å². The number of hydrogen-bond acceptors (Lipinski definition) is 4. The van der Waals surface area contributed by atoms with Crippen molar-refractivity contribution >= 4 is 17.7 Å². The monoisotopic (exact) mass is 428 g/mol. The van der Waals surface area contributed by atoms with Gasteiger partial charge in [0.05, 0.1) is 0 Å². The third-order valence-electron chi connectivity index (χ3n) is 4.91. The second kappa shape index (κ2) is 10.1. The molecule has 5 nitrogen and oxygen atoms in total. The van der Waals surface area contributed by atoms with Gasteiger partial charge in [0.15, 0.2) is 5.82 Å². The number of thioether (sulfide) groups is 1. The Bertz CT molecular complexity index is 1110. The third-order valence-corrected chi connectivity index (χ3v) is 6.03. The van der Waals surface area contributed by atoms with Crippen LogP contribution < -0.4 is 5.32 Å². The molecule has 4 aromatic rings. The summed E-state index contributed by atoms with van der Waals surface area (Å²) in [6, 6.07) is 28.1. The maximum atomic E-state index is 12.7. The lowest BCUT2D eigenvalue weighted by molar-refractivity contribution is -0.121. The minimum absolute atomic E-state index is 0.000463. The van der Waals surface area contributed by atoms with Crippen LogP contribution in [0.2, 0.25) is 0 Å². The molecule has 3 aromatic carbocycles. The highest BCUT2D eigenvalue weighted by Crippen LogP contribution is 2.36. The molecule has 1 heterocycles. The SMILES string of the molecule is Cc1ccc(-c2nc(S[C@H](CC(=O)NCc3ccccc3)c3ccccc3)n[nH]2)cc1. The maximum Gasteiger partial charge on any atom is 0.221 e. The van der Waals surface area contributed by atoms with E-state index in [-0.39, 0.29) is 11.2 Å². The molecule has 1 atom stereocenters. The van der Waals surface area contributed by atoms with E-state index in [0.29, 0.717) is 18.1 Å². The minimum Gasteiger partial charge on any atom is -0.352 e. The lowest BCUT2D eigenvalue weighted by Crippen LogP contribution is -2.24. The molecule has 1 aromatic heterocycles. The molecule has 0 aliphatic heterocycles. The fourth-order valence-corrected chi connectivity index (χ4v) is 4.22. The molecule has 6 heteroatoms. The highest BCUT2D eigenvalue weighted by Gasteiger charge is 2.20. The Kier molecular flexibility index (Phi) is 6.79. The van der Waals surface area contributed by atoms with E-state index in [2.05, 4.69) is 39.6 Å². The summed E-state index contributed by atoms with van der Waals surface area (Å²) in [7, 11) is 0. The summed E-state index contributed by atoms with van der Waals surface area (Å²) in [4.78, 5) is 17.3. The van der Waals surface area contributed by atoms with Crippen molar-refractivity contribution in [3.05, 3.63) is 102 Å². The molecule has 0 saturated carbocycles. The molecule has 0 fully saturated rings. The van der Waals surface area contributed by atoms with Crippen LogP contribution in [0.5, 0.6) is 0 Å². The second-order valence-electron chi connectivity index (χ2n) is 7.32. The van der Waals surface area contributed by atoms with Gasteiger partial charge in [-0.2, -0.15) is 0 Å².